The molecule has 0 bridgehead atoms. The van der Waals surface area contributed by atoms with Gasteiger partial charge in [0, 0.05) is 43.7 Å². The second-order valence-electron chi connectivity index (χ2n) is 9.61. The summed E-state index contributed by atoms with van der Waals surface area (Å²) in [5.74, 6) is -0.615. The molecule has 2 N–H and O–H groups in total. The van der Waals surface area contributed by atoms with Crippen LogP contribution in [0.25, 0.3) is 0 Å². The van der Waals surface area contributed by atoms with Gasteiger partial charge in [-0.1, -0.05) is 12.1 Å². The van der Waals surface area contributed by atoms with Crippen molar-refractivity contribution in [1.82, 2.24) is 20.4 Å². The Kier molecular flexibility index (Phi) is 8.46. The van der Waals surface area contributed by atoms with Crippen molar-refractivity contribution >= 4 is 11.8 Å². The highest BCUT2D eigenvalue weighted by Crippen LogP contribution is 2.40. The molecule has 1 aliphatic heterocycles. The number of benzene rings is 2. The summed E-state index contributed by atoms with van der Waals surface area (Å²) in [4.78, 5) is 30.0. The fourth-order valence-electron chi connectivity index (χ4n) is 4.61. The number of nitrogens with zero attached hydrogens (tertiary/aromatic N) is 2. The summed E-state index contributed by atoms with van der Waals surface area (Å²) in [5.41, 5.74) is 1.50. The normalized spacial score (nSPS) is 20.9. The van der Waals surface area contributed by atoms with E-state index in [-0.39, 0.29) is 17.6 Å². The highest BCUT2D eigenvalue weighted by molar-refractivity contribution is 5.97. The van der Waals surface area contributed by atoms with Gasteiger partial charge in [0.2, 0.25) is 5.91 Å². The Balaban J connectivity index is 1.26. The van der Waals surface area contributed by atoms with Crippen molar-refractivity contribution in [3.05, 3.63) is 71.3 Å². The van der Waals surface area contributed by atoms with Crippen molar-refractivity contribution < 1.29 is 18.4 Å². The second-order valence-corrected chi connectivity index (χ2v) is 9.61. The average molecular weight is 485 g/mol. The smallest absolute Gasteiger partial charge is 0.251 e. The van der Waals surface area contributed by atoms with E-state index in [9.17, 15) is 18.4 Å². The molecule has 0 radical (unpaired) electrons. The van der Waals surface area contributed by atoms with E-state index in [1.807, 2.05) is 24.1 Å². The lowest BCUT2D eigenvalue weighted by molar-refractivity contribution is -0.135. The first-order chi connectivity index (χ1) is 16.9. The highest BCUT2D eigenvalue weighted by atomic mass is 19.1. The first kappa shape index (κ1) is 25.3. The van der Waals surface area contributed by atoms with Gasteiger partial charge in [-0.15, -0.1) is 0 Å². The molecule has 3 unspecified atom stereocenters. The van der Waals surface area contributed by atoms with Gasteiger partial charge >= 0.3 is 0 Å². The summed E-state index contributed by atoms with van der Waals surface area (Å²) in [6.07, 6.45) is 3.26. The lowest BCUT2D eigenvalue weighted by atomic mass is 10.1. The molecule has 6 nitrogen and oxygen atoms in total. The van der Waals surface area contributed by atoms with Crippen LogP contribution in [0.15, 0.2) is 48.5 Å². The summed E-state index contributed by atoms with van der Waals surface area (Å²) >= 11 is 0. The van der Waals surface area contributed by atoms with Crippen molar-refractivity contribution in [2.45, 2.75) is 43.7 Å². The minimum absolute atomic E-state index is 0.0555. The molecule has 4 rings (SSSR count). The number of hydrogen-bond acceptors (Lipinski definition) is 4. The number of carbonyl (C=O) groups is 2. The zero-order chi connectivity index (χ0) is 24.8. The number of rotatable bonds is 10. The van der Waals surface area contributed by atoms with E-state index in [1.54, 1.807) is 0 Å². The predicted octanol–water partition coefficient (Wildman–Crippen LogP) is 3.15. The maximum Gasteiger partial charge on any atom is 0.251 e. The first-order valence-corrected chi connectivity index (χ1v) is 12.4. The molecular weight excluding hydrogens is 450 g/mol. The molecule has 1 saturated heterocycles. The third-order valence-electron chi connectivity index (χ3n) is 6.94. The quantitative estimate of drug-likeness (QED) is 0.509. The van der Waals surface area contributed by atoms with Crippen LogP contribution < -0.4 is 10.6 Å². The van der Waals surface area contributed by atoms with E-state index in [0.717, 1.165) is 44.5 Å². The monoisotopic (exact) mass is 484 g/mol. The van der Waals surface area contributed by atoms with Crippen molar-refractivity contribution in [3.63, 3.8) is 0 Å². The standard InChI is InChI=1S/C27H34F2N4O2/c1-32-14-16-33(17-15-32)27(35)24(31-26(34)20-7-11-22(29)12-8-20)4-2-3-13-30-25-18-23(25)19-5-9-21(28)10-6-19/h5-12,23-25,30H,2-4,13-18H2,1H3,(H,31,34). The molecule has 0 spiro atoms. The molecule has 2 aromatic carbocycles. The highest BCUT2D eigenvalue weighted by Gasteiger charge is 2.37. The number of amides is 2. The number of carbonyl (C=O) groups excluding carboxylic acids is 2. The Labute approximate surface area is 205 Å². The van der Waals surface area contributed by atoms with Gasteiger partial charge in [-0.25, -0.2) is 8.78 Å². The van der Waals surface area contributed by atoms with Crippen LogP contribution in [-0.4, -0.2) is 73.5 Å². The molecule has 188 valence electrons. The SMILES string of the molecule is CN1CCN(C(=O)C(CCCCNC2CC2c2ccc(F)cc2)NC(=O)c2ccc(F)cc2)CC1. The van der Waals surface area contributed by atoms with Gasteiger partial charge in [0.1, 0.15) is 17.7 Å². The van der Waals surface area contributed by atoms with Crippen LogP contribution in [0.3, 0.4) is 0 Å². The summed E-state index contributed by atoms with van der Waals surface area (Å²) in [6, 6.07) is 11.8. The minimum Gasteiger partial charge on any atom is -0.340 e. The maximum absolute atomic E-state index is 13.2. The largest absolute Gasteiger partial charge is 0.340 e. The van der Waals surface area contributed by atoms with Gasteiger partial charge in [-0.2, -0.15) is 0 Å². The molecule has 2 amide bonds. The molecule has 0 aromatic heterocycles. The molecule has 1 aliphatic carbocycles. The predicted molar refractivity (Wildman–Crippen MR) is 131 cm³/mol. The van der Waals surface area contributed by atoms with E-state index in [4.69, 9.17) is 0 Å². The fourth-order valence-corrected chi connectivity index (χ4v) is 4.61. The number of unbranched alkanes of at least 4 members (excludes halogenated alkanes) is 1. The lowest BCUT2D eigenvalue weighted by Crippen LogP contribution is -2.54. The molecule has 1 heterocycles. The van der Waals surface area contributed by atoms with Crippen LogP contribution in [0.1, 0.15) is 47.5 Å². The number of hydrogen-bond donors (Lipinski definition) is 2. The van der Waals surface area contributed by atoms with Crippen LogP contribution in [-0.2, 0) is 4.79 Å². The number of halogens is 2. The summed E-state index contributed by atoms with van der Waals surface area (Å²) in [7, 11) is 2.03. The Hall–Kier alpha value is -2.84. The summed E-state index contributed by atoms with van der Waals surface area (Å²) < 4.78 is 26.4. The molecular formula is C27H34F2N4O2. The Morgan fingerprint density at radius 1 is 0.943 bits per heavy atom. The zero-order valence-electron chi connectivity index (χ0n) is 20.2. The Morgan fingerprint density at radius 2 is 1.57 bits per heavy atom. The van der Waals surface area contributed by atoms with Gasteiger partial charge < -0.3 is 20.4 Å². The molecule has 2 aromatic rings. The van der Waals surface area contributed by atoms with Crippen molar-refractivity contribution in [3.8, 4) is 0 Å². The average Bonchev–Trinajstić information content (AvgIpc) is 3.63. The minimum atomic E-state index is -0.608. The zero-order valence-corrected chi connectivity index (χ0v) is 20.2. The van der Waals surface area contributed by atoms with Crippen LogP contribution in [0.4, 0.5) is 8.78 Å². The van der Waals surface area contributed by atoms with Crippen molar-refractivity contribution in [1.29, 1.82) is 0 Å². The van der Waals surface area contributed by atoms with Gasteiger partial charge in [-0.3, -0.25) is 9.59 Å². The fraction of sp³-hybridized carbons (Fsp3) is 0.481. The molecule has 8 heteroatoms. The van der Waals surface area contributed by atoms with E-state index < -0.39 is 11.9 Å². The van der Waals surface area contributed by atoms with E-state index in [1.165, 1.54) is 36.4 Å². The molecule has 1 saturated carbocycles. The van der Waals surface area contributed by atoms with E-state index in [0.29, 0.717) is 37.0 Å². The summed E-state index contributed by atoms with van der Waals surface area (Å²) in [5, 5.41) is 6.43. The van der Waals surface area contributed by atoms with Crippen LogP contribution >= 0.6 is 0 Å². The molecule has 35 heavy (non-hydrogen) atoms. The van der Waals surface area contributed by atoms with Gasteiger partial charge in [0.15, 0.2) is 0 Å². The lowest BCUT2D eigenvalue weighted by Gasteiger charge is -2.34. The second kappa shape index (κ2) is 11.7. The van der Waals surface area contributed by atoms with E-state index in [2.05, 4.69) is 15.5 Å². The van der Waals surface area contributed by atoms with Gasteiger partial charge in [-0.05, 0) is 81.2 Å². The van der Waals surface area contributed by atoms with Crippen molar-refractivity contribution in [2.24, 2.45) is 0 Å². The summed E-state index contributed by atoms with van der Waals surface area (Å²) in [6.45, 7) is 3.73. The van der Waals surface area contributed by atoms with Gasteiger partial charge in [0.05, 0.1) is 0 Å². The van der Waals surface area contributed by atoms with Crippen LogP contribution in [0.5, 0.6) is 0 Å². The molecule has 3 atom stereocenters. The maximum atomic E-state index is 13.2. The van der Waals surface area contributed by atoms with Crippen molar-refractivity contribution in [2.75, 3.05) is 39.8 Å². The topological polar surface area (TPSA) is 64.7 Å². The van der Waals surface area contributed by atoms with Crippen LogP contribution in [0.2, 0.25) is 0 Å². The Morgan fingerprint density at radius 3 is 2.23 bits per heavy atom. The number of nitrogens with one attached hydrogen (secondary N) is 2. The van der Waals surface area contributed by atoms with E-state index >= 15 is 0 Å². The Bertz CT molecular complexity index is 991. The third-order valence-corrected chi connectivity index (χ3v) is 6.94. The first-order valence-electron chi connectivity index (χ1n) is 12.4. The molecule has 2 fully saturated rings. The van der Waals surface area contributed by atoms with Gasteiger partial charge in [0.25, 0.3) is 5.91 Å². The van der Waals surface area contributed by atoms with Crippen LogP contribution in [0, 0.1) is 11.6 Å². The third kappa shape index (κ3) is 7.08. The number of piperazine rings is 1. The number of likely N-dealkylation sites (N-methyl/N-ethyl adjacent to an activating group) is 1. The molecule has 2 aliphatic rings.